The molecule has 10 nitrogen and oxygen atoms in total. The average Bonchev–Trinajstić information content (AvgIpc) is 2.47. The number of carbonyl (C=O) groups is 2. The third kappa shape index (κ3) is 28.7. The van der Waals surface area contributed by atoms with E-state index >= 15 is 0 Å². The van der Waals surface area contributed by atoms with Crippen LogP contribution in [0.5, 0.6) is 0 Å². The molecular formula is C12H28N4O6S2. The van der Waals surface area contributed by atoms with Gasteiger partial charge in [-0.25, -0.2) is 0 Å². The molecule has 0 radical (unpaired) electrons. The first kappa shape index (κ1) is 30.4. The molecule has 0 unspecified atom stereocenters. The van der Waals surface area contributed by atoms with E-state index in [4.69, 9.17) is 20.9 Å². The molecule has 0 saturated heterocycles. The van der Waals surface area contributed by atoms with E-state index in [2.05, 4.69) is 24.4 Å². The van der Waals surface area contributed by atoms with Gasteiger partial charge in [-0.15, -0.1) is 0 Å². The Morgan fingerprint density at radius 3 is 1.25 bits per heavy atom. The molecular weight excluding hydrogens is 360 g/mol. The summed E-state index contributed by atoms with van der Waals surface area (Å²) >= 11 is 9.34. The van der Waals surface area contributed by atoms with Crippen LogP contribution in [0.15, 0.2) is 0 Å². The second kappa shape index (κ2) is 21.6. The number of hydrogen-bond donors (Lipinski definition) is 4. The molecule has 144 valence electrons. The number of rotatable bonds is 10. The highest BCUT2D eigenvalue weighted by molar-refractivity contribution is 7.80. The average molecular weight is 389 g/mol. The van der Waals surface area contributed by atoms with Gasteiger partial charge < -0.3 is 53.0 Å². The Labute approximate surface area is 152 Å². The number of aliphatic carboxylic acids is 2. The molecule has 0 saturated carbocycles. The molecule has 0 aromatic rings. The van der Waals surface area contributed by atoms with E-state index in [0.717, 1.165) is 0 Å². The van der Waals surface area contributed by atoms with Gasteiger partial charge in [-0.3, -0.25) is 0 Å². The Bertz CT molecular complexity index is 337. The van der Waals surface area contributed by atoms with Crippen LogP contribution in [-0.4, -0.2) is 48.3 Å². The zero-order valence-corrected chi connectivity index (χ0v) is 15.7. The molecule has 0 rings (SSSR count). The number of thiocarbonyl (C=S) groups is 2. The van der Waals surface area contributed by atoms with Crippen LogP contribution >= 0.6 is 24.4 Å². The third-order valence-electron chi connectivity index (χ3n) is 1.83. The molecule has 24 heavy (non-hydrogen) atoms. The summed E-state index contributed by atoms with van der Waals surface area (Å²) in [7, 11) is 0. The molecule has 0 amide bonds. The monoisotopic (exact) mass is 388 g/mol. The van der Waals surface area contributed by atoms with Crippen molar-refractivity contribution in [3.63, 3.8) is 0 Å². The number of quaternary nitrogens is 2. The minimum atomic E-state index is -1.12. The van der Waals surface area contributed by atoms with Crippen LogP contribution in [0.25, 0.3) is 0 Å². The lowest BCUT2D eigenvalue weighted by atomic mass is 10.3. The summed E-state index contributed by atoms with van der Waals surface area (Å²) in [5.41, 5.74) is 10.2. The van der Waals surface area contributed by atoms with Gasteiger partial charge in [-0.1, -0.05) is 0 Å². The highest BCUT2D eigenvalue weighted by Gasteiger charge is 1.97. The summed E-state index contributed by atoms with van der Waals surface area (Å²) < 4.78 is 9.71. The maximum Gasteiger partial charge on any atom is 0.160 e. The summed E-state index contributed by atoms with van der Waals surface area (Å²) in [5.74, 6) is -2.24. The number of hydrogen-bond acceptors (Lipinski definition) is 10. The number of carbonyl (C=O) groups excluding carboxylic acids is 2. The van der Waals surface area contributed by atoms with Crippen LogP contribution < -0.4 is 34.0 Å². The van der Waals surface area contributed by atoms with Crippen molar-refractivity contribution in [2.24, 2.45) is 11.5 Å². The van der Waals surface area contributed by atoms with Crippen molar-refractivity contribution in [1.29, 1.82) is 0 Å². The normalized spacial score (nSPS) is 8.42. The Balaban J connectivity index is -0.000000154. The number of ether oxygens (including phenoxy) is 2. The zero-order valence-electron chi connectivity index (χ0n) is 14.1. The molecule has 0 spiro atoms. The highest BCUT2D eigenvalue weighted by Crippen LogP contribution is 1.94. The Kier molecular flexibility index (Phi) is 27.3. The van der Waals surface area contributed by atoms with Gasteiger partial charge >= 0.3 is 0 Å². The van der Waals surface area contributed by atoms with Gasteiger partial charge in [0.2, 0.25) is 0 Å². The predicted octanol–water partition coefficient (Wildman–Crippen LogP) is -1.61. The summed E-state index contributed by atoms with van der Waals surface area (Å²) in [6, 6.07) is 0. The predicted molar refractivity (Wildman–Crippen MR) is 95.7 cm³/mol. The highest BCUT2D eigenvalue weighted by atomic mass is 32.1. The van der Waals surface area contributed by atoms with E-state index in [9.17, 15) is 19.8 Å². The van der Waals surface area contributed by atoms with Gasteiger partial charge in [-0.2, -0.15) is 0 Å². The molecule has 0 aliphatic carbocycles. The molecule has 0 aliphatic heterocycles. The SMILES string of the molecule is NCCOC(=S)CCC(=O)[O-].NCCOC(=S)CCC(=O)[O-].[NH4+].[NH4+]. The molecule has 12 heteroatoms. The lowest BCUT2D eigenvalue weighted by molar-refractivity contribution is -0.306. The van der Waals surface area contributed by atoms with Crippen molar-refractivity contribution in [3.8, 4) is 0 Å². The minimum Gasteiger partial charge on any atom is -0.550 e. The molecule has 0 heterocycles. The number of nitrogens with two attached hydrogens (primary N) is 2. The second-order valence-corrected chi connectivity index (χ2v) is 4.67. The fourth-order valence-electron chi connectivity index (χ4n) is 0.898. The van der Waals surface area contributed by atoms with E-state index in [0.29, 0.717) is 26.3 Å². The quantitative estimate of drug-likeness (QED) is 0.313. The molecule has 0 bridgehead atoms. The molecule has 0 aromatic carbocycles. The first-order chi connectivity index (χ1) is 10.3. The van der Waals surface area contributed by atoms with Crippen LogP contribution in [0.3, 0.4) is 0 Å². The summed E-state index contributed by atoms with van der Waals surface area (Å²) in [6.45, 7) is 1.44. The van der Waals surface area contributed by atoms with Crippen LogP contribution in [0.1, 0.15) is 25.7 Å². The lowest BCUT2D eigenvalue weighted by Crippen LogP contribution is -2.23. The number of carboxylic acids is 2. The van der Waals surface area contributed by atoms with Gasteiger partial charge in [0, 0.05) is 37.9 Å². The van der Waals surface area contributed by atoms with Gasteiger partial charge in [0.25, 0.3) is 0 Å². The Morgan fingerprint density at radius 2 is 1.04 bits per heavy atom. The molecule has 0 atom stereocenters. The largest absolute Gasteiger partial charge is 0.550 e. The first-order valence-corrected chi connectivity index (χ1v) is 7.26. The van der Waals surface area contributed by atoms with Crippen LogP contribution in [0, 0.1) is 0 Å². The van der Waals surface area contributed by atoms with E-state index in [1.807, 2.05) is 0 Å². The van der Waals surface area contributed by atoms with Crippen molar-refractivity contribution >= 4 is 46.5 Å². The van der Waals surface area contributed by atoms with Crippen molar-refractivity contribution in [3.05, 3.63) is 0 Å². The fourth-order valence-corrected chi connectivity index (χ4v) is 1.27. The molecule has 0 aliphatic rings. The van der Waals surface area contributed by atoms with Gasteiger partial charge in [0.15, 0.2) is 10.1 Å². The third-order valence-corrected chi connectivity index (χ3v) is 2.47. The van der Waals surface area contributed by atoms with E-state index in [1.54, 1.807) is 0 Å². The van der Waals surface area contributed by atoms with Gasteiger partial charge in [0.1, 0.15) is 13.2 Å². The van der Waals surface area contributed by atoms with Crippen molar-refractivity contribution < 1.29 is 29.3 Å². The van der Waals surface area contributed by atoms with Crippen LogP contribution in [0.4, 0.5) is 0 Å². The topological polar surface area (TPSA) is 224 Å². The van der Waals surface area contributed by atoms with E-state index in [-0.39, 0.29) is 48.1 Å². The minimum absolute atomic E-state index is 0. The van der Waals surface area contributed by atoms with E-state index < -0.39 is 11.9 Å². The molecule has 0 fully saturated rings. The summed E-state index contributed by atoms with van der Waals surface area (Å²) in [4.78, 5) is 19.9. The molecule has 12 N–H and O–H groups in total. The summed E-state index contributed by atoms with van der Waals surface area (Å²) in [5, 5.41) is 20.4. The standard InChI is InChI=1S/2C6H11NO3S.2H3N/c2*7-3-4-10-6(11)2-1-5(8)9;;/h2*1-4,7H2,(H,8,9);2*1H3. The fraction of sp³-hybridized carbons (Fsp3) is 0.667. The maximum atomic E-state index is 9.93. The number of carboxylic acid groups (broad SMARTS) is 2. The Morgan fingerprint density at radius 1 is 0.750 bits per heavy atom. The smallest absolute Gasteiger partial charge is 0.160 e. The zero-order chi connectivity index (χ0) is 17.4. The first-order valence-electron chi connectivity index (χ1n) is 6.44. The Hall–Kier alpha value is -1.44. The molecule has 0 aromatic heterocycles. The van der Waals surface area contributed by atoms with Gasteiger partial charge in [0.05, 0.1) is 0 Å². The van der Waals surface area contributed by atoms with Crippen LogP contribution in [-0.2, 0) is 19.1 Å². The second-order valence-electron chi connectivity index (χ2n) is 3.76. The van der Waals surface area contributed by atoms with Crippen molar-refractivity contribution in [2.45, 2.75) is 25.7 Å². The van der Waals surface area contributed by atoms with Crippen molar-refractivity contribution in [1.82, 2.24) is 12.3 Å². The maximum absolute atomic E-state index is 9.93. The van der Waals surface area contributed by atoms with Crippen LogP contribution in [0.2, 0.25) is 0 Å². The summed E-state index contributed by atoms with van der Waals surface area (Å²) in [6.07, 6.45) is 0.252. The lowest BCUT2D eigenvalue weighted by Gasteiger charge is -2.05. The van der Waals surface area contributed by atoms with Gasteiger partial charge in [-0.05, 0) is 37.3 Å². The van der Waals surface area contributed by atoms with Crippen molar-refractivity contribution in [2.75, 3.05) is 26.3 Å². The van der Waals surface area contributed by atoms with E-state index in [1.165, 1.54) is 0 Å².